The lowest BCUT2D eigenvalue weighted by molar-refractivity contribution is -0.153. The topological polar surface area (TPSA) is 81.8 Å². The number of benzene rings is 2. The number of oxime groups is 1. The third-order valence-corrected chi connectivity index (χ3v) is 6.12. The van der Waals surface area contributed by atoms with Gasteiger partial charge in [0, 0.05) is 29.2 Å². The summed E-state index contributed by atoms with van der Waals surface area (Å²) in [5, 5.41) is 4.41. The molecule has 5 nitrogen and oxygen atoms in total. The number of carbonyl (C=O) groups is 2. The van der Waals surface area contributed by atoms with Crippen molar-refractivity contribution in [3.05, 3.63) is 70.7 Å². The Hall–Kier alpha value is -2.66. The third-order valence-electron chi connectivity index (χ3n) is 5.87. The van der Waals surface area contributed by atoms with Gasteiger partial charge in [-0.05, 0) is 23.3 Å². The number of nitrogens with two attached hydrogens (primary N) is 1. The number of hydrogen-bond donors (Lipinski definition) is 1. The maximum atomic E-state index is 13.1. The molecule has 1 heterocycles. The summed E-state index contributed by atoms with van der Waals surface area (Å²) in [7, 11) is 0. The van der Waals surface area contributed by atoms with Crippen molar-refractivity contribution in [2.45, 2.75) is 25.2 Å². The number of rotatable bonds is 2. The summed E-state index contributed by atoms with van der Waals surface area (Å²) >= 11 is 6.03. The zero-order chi connectivity index (χ0) is 19.2. The molecule has 2 aromatic rings. The zero-order valence-corrected chi connectivity index (χ0v) is 15.5. The Morgan fingerprint density at radius 2 is 1.74 bits per heavy atom. The maximum Gasteiger partial charge on any atom is 0.350 e. The first-order valence-corrected chi connectivity index (χ1v) is 9.22. The van der Waals surface area contributed by atoms with Gasteiger partial charge in [-0.2, -0.15) is 0 Å². The van der Waals surface area contributed by atoms with Gasteiger partial charge >= 0.3 is 5.97 Å². The summed E-state index contributed by atoms with van der Waals surface area (Å²) in [6.07, 6.45) is 0.192. The molecule has 1 aliphatic carbocycles. The standard InChI is InChI=1S/C21H19ClN2O3/c1-12-17(25)11-16(13-7-9-15(22)10-8-13)21(19(23)24-27-20(21)26)18(12)14-5-3-2-4-6-14/h2-10,12,16,18H,11H2,1H3,(H2,23,24)/t12-,16+,18-,21?/m0/s1. The average molecular weight is 383 g/mol. The number of halogens is 1. The van der Waals surface area contributed by atoms with Crippen LogP contribution in [0.15, 0.2) is 59.8 Å². The number of Topliss-reactive ketones (excluding diaryl/α,β-unsaturated/α-hetero) is 1. The molecular weight excluding hydrogens is 364 g/mol. The lowest BCUT2D eigenvalue weighted by Gasteiger charge is -2.46. The van der Waals surface area contributed by atoms with Gasteiger partial charge in [-0.3, -0.25) is 4.79 Å². The minimum Gasteiger partial charge on any atom is -0.383 e. The summed E-state index contributed by atoms with van der Waals surface area (Å²) in [5.74, 6) is -1.62. The van der Waals surface area contributed by atoms with Crippen molar-refractivity contribution in [3.8, 4) is 0 Å². The Labute approximate surface area is 162 Å². The molecule has 138 valence electrons. The molecule has 1 spiro atoms. The van der Waals surface area contributed by atoms with Gasteiger partial charge in [-0.25, -0.2) is 4.79 Å². The smallest absolute Gasteiger partial charge is 0.350 e. The molecule has 2 aliphatic rings. The molecule has 0 bridgehead atoms. The Bertz CT molecular complexity index is 926. The highest BCUT2D eigenvalue weighted by Crippen LogP contribution is 2.58. The molecule has 0 radical (unpaired) electrons. The SMILES string of the molecule is C[C@H]1C(=O)C[C@H](c2ccc(Cl)cc2)C2(C(=O)ON=C2N)[C@@H]1c1ccccc1. The molecule has 1 fully saturated rings. The van der Waals surface area contributed by atoms with Gasteiger partial charge in [0.2, 0.25) is 0 Å². The van der Waals surface area contributed by atoms with E-state index in [1.54, 1.807) is 12.1 Å². The van der Waals surface area contributed by atoms with Crippen LogP contribution in [0, 0.1) is 11.3 Å². The van der Waals surface area contributed by atoms with Crippen molar-refractivity contribution in [3.63, 3.8) is 0 Å². The average Bonchev–Trinajstić information content (AvgIpc) is 2.96. The van der Waals surface area contributed by atoms with E-state index in [1.807, 2.05) is 49.4 Å². The van der Waals surface area contributed by atoms with Gasteiger partial charge < -0.3 is 10.6 Å². The second kappa shape index (κ2) is 6.50. The molecule has 4 rings (SSSR count). The normalized spacial score (nSPS) is 30.3. The van der Waals surface area contributed by atoms with Crippen molar-refractivity contribution in [1.82, 2.24) is 0 Å². The summed E-state index contributed by atoms with van der Waals surface area (Å²) in [6.45, 7) is 1.85. The van der Waals surface area contributed by atoms with Crippen molar-refractivity contribution in [2.75, 3.05) is 0 Å². The number of amidine groups is 1. The fraction of sp³-hybridized carbons (Fsp3) is 0.286. The van der Waals surface area contributed by atoms with Crippen LogP contribution in [-0.4, -0.2) is 17.6 Å². The highest BCUT2D eigenvalue weighted by molar-refractivity contribution is 6.30. The molecule has 1 aliphatic heterocycles. The Balaban J connectivity index is 1.96. The molecule has 0 amide bonds. The van der Waals surface area contributed by atoms with Crippen LogP contribution in [0.5, 0.6) is 0 Å². The molecule has 2 N–H and O–H groups in total. The third kappa shape index (κ3) is 2.57. The van der Waals surface area contributed by atoms with Crippen molar-refractivity contribution < 1.29 is 14.4 Å². The fourth-order valence-corrected chi connectivity index (χ4v) is 4.71. The summed E-state index contributed by atoms with van der Waals surface area (Å²) < 4.78 is 0. The van der Waals surface area contributed by atoms with Gasteiger partial charge in [0.05, 0.1) is 0 Å². The van der Waals surface area contributed by atoms with Gasteiger partial charge in [-0.1, -0.05) is 66.1 Å². The molecule has 0 saturated heterocycles. The van der Waals surface area contributed by atoms with E-state index < -0.39 is 29.1 Å². The molecule has 2 aromatic carbocycles. The van der Waals surface area contributed by atoms with Gasteiger partial charge in [-0.15, -0.1) is 0 Å². The Morgan fingerprint density at radius 1 is 1.07 bits per heavy atom. The van der Waals surface area contributed by atoms with Crippen molar-refractivity contribution in [1.29, 1.82) is 0 Å². The van der Waals surface area contributed by atoms with Crippen LogP contribution < -0.4 is 5.73 Å². The van der Waals surface area contributed by atoms with Gasteiger partial charge in [0.15, 0.2) is 5.84 Å². The molecule has 4 atom stereocenters. The minimum absolute atomic E-state index is 0.0851. The van der Waals surface area contributed by atoms with Crippen LogP contribution in [0.4, 0.5) is 0 Å². The van der Waals surface area contributed by atoms with E-state index in [2.05, 4.69) is 5.16 Å². The van der Waals surface area contributed by atoms with E-state index in [4.69, 9.17) is 22.2 Å². The van der Waals surface area contributed by atoms with E-state index in [1.165, 1.54) is 0 Å². The first kappa shape index (κ1) is 17.7. The van der Waals surface area contributed by atoms with E-state index in [9.17, 15) is 9.59 Å². The summed E-state index contributed by atoms with van der Waals surface area (Å²) in [6, 6.07) is 16.7. The van der Waals surface area contributed by atoms with Crippen LogP contribution in [0.25, 0.3) is 0 Å². The number of carbonyl (C=O) groups excluding carboxylic acids is 2. The Kier molecular flexibility index (Phi) is 4.27. The van der Waals surface area contributed by atoms with Crippen LogP contribution in [0.2, 0.25) is 5.02 Å². The Morgan fingerprint density at radius 3 is 2.33 bits per heavy atom. The second-order valence-electron chi connectivity index (χ2n) is 7.18. The first-order chi connectivity index (χ1) is 13.0. The predicted octanol–water partition coefficient (Wildman–Crippen LogP) is 3.63. The highest BCUT2D eigenvalue weighted by Gasteiger charge is 2.65. The van der Waals surface area contributed by atoms with Crippen LogP contribution >= 0.6 is 11.6 Å². The quantitative estimate of drug-likeness (QED) is 0.804. The van der Waals surface area contributed by atoms with E-state index in [-0.39, 0.29) is 18.0 Å². The zero-order valence-electron chi connectivity index (χ0n) is 14.8. The monoisotopic (exact) mass is 382 g/mol. The lowest BCUT2D eigenvalue weighted by Crippen LogP contribution is -2.55. The molecule has 1 saturated carbocycles. The van der Waals surface area contributed by atoms with Crippen molar-refractivity contribution in [2.24, 2.45) is 22.2 Å². The van der Waals surface area contributed by atoms with Gasteiger partial charge in [0.25, 0.3) is 0 Å². The largest absolute Gasteiger partial charge is 0.383 e. The van der Waals surface area contributed by atoms with Gasteiger partial charge in [0.1, 0.15) is 11.2 Å². The van der Waals surface area contributed by atoms with Crippen LogP contribution in [-0.2, 0) is 14.4 Å². The van der Waals surface area contributed by atoms with Crippen LogP contribution in [0.3, 0.4) is 0 Å². The summed E-state index contributed by atoms with van der Waals surface area (Å²) in [4.78, 5) is 31.1. The first-order valence-electron chi connectivity index (χ1n) is 8.84. The molecule has 27 heavy (non-hydrogen) atoms. The van der Waals surface area contributed by atoms with Crippen molar-refractivity contribution >= 4 is 29.2 Å². The second-order valence-corrected chi connectivity index (χ2v) is 7.61. The molecule has 6 heteroatoms. The van der Waals surface area contributed by atoms with E-state index in [0.717, 1.165) is 11.1 Å². The number of nitrogens with zero attached hydrogens (tertiary/aromatic N) is 1. The number of ketones is 1. The molecular formula is C21H19ClN2O3. The van der Waals surface area contributed by atoms with E-state index in [0.29, 0.717) is 5.02 Å². The molecule has 1 unspecified atom stereocenters. The van der Waals surface area contributed by atoms with Crippen LogP contribution in [0.1, 0.15) is 36.3 Å². The van der Waals surface area contributed by atoms with E-state index >= 15 is 0 Å². The molecule has 0 aromatic heterocycles. The fourth-order valence-electron chi connectivity index (χ4n) is 4.59. The minimum atomic E-state index is -1.22. The summed E-state index contributed by atoms with van der Waals surface area (Å²) in [5.41, 5.74) is 6.76. The predicted molar refractivity (Wildman–Crippen MR) is 102 cm³/mol. The highest BCUT2D eigenvalue weighted by atomic mass is 35.5. The maximum absolute atomic E-state index is 13.1. The number of hydrogen-bond acceptors (Lipinski definition) is 5. The lowest BCUT2D eigenvalue weighted by atomic mass is 9.52.